The van der Waals surface area contributed by atoms with E-state index in [-0.39, 0.29) is 24.8 Å². The van der Waals surface area contributed by atoms with Gasteiger partial charge in [-0.2, -0.15) is 0 Å². The molecular weight excluding hydrogens is 359 g/mol. The highest BCUT2D eigenvalue weighted by molar-refractivity contribution is 5.88. The van der Waals surface area contributed by atoms with Gasteiger partial charge in [0, 0.05) is 18.7 Å². The summed E-state index contributed by atoms with van der Waals surface area (Å²) in [4.78, 5) is 26.9. The normalized spacial score (nSPS) is 11.6. The van der Waals surface area contributed by atoms with Crippen LogP contribution in [0.4, 0.5) is 4.39 Å². The molecule has 1 N–H and O–H groups in total. The Hall–Kier alpha value is -2.89. The lowest BCUT2D eigenvalue weighted by Gasteiger charge is -2.29. The molecule has 1 unspecified atom stereocenters. The Labute approximate surface area is 165 Å². The molecule has 0 saturated carbocycles. The Bertz CT molecular complexity index is 793. The van der Waals surface area contributed by atoms with Gasteiger partial charge >= 0.3 is 0 Å². The summed E-state index contributed by atoms with van der Waals surface area (Å²) < 4.78 is 19.3. The Balaban J connectivity index is 2.21. The Kier molecular flexibility index (Phi) is 7.99. The molecular formula is C22H27FN2O3. The molecule has 0 aliphatic carbocycles. The van der Waals surface area contributed by atoms with Crippen molar-refractivity contribution in [2.75, 3.05) is 13.7 Å². The molecule has 6 heteroatoms. The van der Waals surface area contributed by atoms with E-state index in [4.69, 9.17) is 4.74 Å². The number of rotatable bonds is 9. The average Bonchev–Trinajstić information content (AvgIpc) is 2.71. The zero-order valence-electron chi connectivity index (χ0n) is 16.6. The van der Waals surface area contributed by atoms with Crippen molar-refractivity contribution in [3.63, 3.8) is 0 Å². The minimum absolute atomic E-state index is 0.0301. The molecule has 2 aromatic carbocycles. The number of nitrogens with zero attached hydrogens (tertiary/aromatic N) is 1. The summed E-state index contributed by atoms with van der Waals surface area (Å²) in [5.41, 5.74) is 1.17. The fourth-order valence-electron chi connectivity index (χ4n) is 2.81. The summed E-state index contributed by atoms with van der Waals surface area (Å²) in [5, 5.41) is 2.80. The lowest BCUT2D eigenvalue weighted by molar-refractivity contribution is -0.140. The largest absolute Gasteiger partial charge is 0.497 e. The van der Waals surface area contributed by atoms with E-state index >= 15 is 0 Å². The van der Waals surface area contributed by atoms with Gasteiger partial charge in [0.1, 0.15) is 17.6 Å². The number of hydrogen-bond acceptors (Lipinski definition) is 3. The molecule has 2 rings (SSSR count). The van der Waals surface area contributed by atoms with Crippen molar-refractivity contribution in [2.24, 2.45) is 0 Å². The van der Waals surface area contributed by atoms with Crippen molar-refractivity contribution in [3.8, 4) is 5.75 Å². The van der Waals surface area contributed by atoms with E-state index < -0.39 is 11.9 Å². The van der Waals surface area contributed by atoms with E-state index in [2.05, 4.69) is 5.32 Å². The van der Waals surface area contributed by atoms with Gasteiger partial charge in [-0.15, -0.1) is 0 Å². The molecule has 150 valence electrons. The van der Waals surface area contributed by atoms with Crippen LogP contribution < -0.4 is 10.1 Å². The van der Waals surface area contributed by atoms with Crippen LogP contribution >= 0.6 is 0 Å². The molecule has 0 spiro atoms. The van der Waals surface area contributed by atoms with Crippen LogP contribution in [0.25, 0.3) is 0 Å². The molecule has 0 aromatic heterocycles. The van der Waals surface area contributed by atoms with Crippen LogP contribution in [0.1, 0.15) is 31.4 Å². The zero-order chi connectivity index (χ0) is 20.5. The van der Waals surface area contributed by atoms with Crippen molar-refractivity contribution < 1.29 is 18.7 Å². The third kappa shape index (κ3) is 5.81. The Morgan fingerprint density at radius 1 is 1.14 bits per heavy atom. The minimum atomic E-state index is -0.711. The van der Waals surface area contributed by atoms with Gasteiger partial charge < -0.3 is 15.0 Å². The van der Waals surface area contributed by atoms with Gasteiger partial charge in [-0.1, -0.05) is 37.3 Å². The predicted octanol–water partition coefficient (Wildman–Crippen LogP) is 3.32. The van der Waals surface area contributed by atoms with Crippen molar-refractivity contribution >= 4 is 11.8 Å². The van der Waals surface area contributed by atoms with Gasteiger partial charge in [0.15, 0.2) is 0 Å². The van der Waals surface area contributed by atoms with Crippen LogP contribution in [0.2, 0.25) is 0 Å². The van der Waals surface area contributed by atoms with Crippen molar-refractivity contribution in [2.45, 2.75) is 39.3 Å². The summed E-state index contributed by atoms with van der Waals surface area (Å²) in [6.45, 7) is 4.18. The third-order valence-corrected chi connectivity index (χ3v) is 4.53. The second-order valence-corrected chi connectivity index (χ2v) is 6.60. The SMILES string of the molecule is CCCNC(=O)C(C)N(Cc1ccccc1F)C(=O)Cc1ccc(OC)cc1. The number of hydrogen-bond donors (Lipinski definition) is 1. The Morgan fingerprint density at radius 3 is 2.43 bits per heavy atom. The van der Waals surface area contributed by atoms with E-state index in [1.54, 1.807) is 56.5 Å². The van der Waals surface area contributed by atoms with Crippen molar-refractivity contribution in [1.29, 1.82) is 0 Å². The number of carbonyl (C=O) groups excluding carboxylic acids is 2. The Morgan fingerprint density at radius 2 is 1.82 bits per heavy atom. The summed E-state index contributed by atoms with van der Waals surface area (Å²) in [6.07, 6.45) is 0.912. The quantitative estimate of drug-likeness (QED) is 0.719. The summed E-state index contributed by atoms with van der Waals surface area (Å²) >= 11 is 0. The third-order valence-electron chi connectivity index (χ3n) is 4.53. The summed E-state index contributed by atoms with van der Waals surface area (Å²) in [6, 6.07) is 12.7. The smallest absolute Gasteiger partial charge is 0.242 e. The number of halogens is 1. The number of carbonyl (C=O) groups is 2. The summed E-state index contributed by atoms with van der Waals surface area (Å²) in [5.74, 6) is -0.188. The van der Waals surface area contributed by atoms with E-state index in [1.807, 2.05) is 6.92 Å². The molecule has 5 nitrogen and oxygen atoms in total. The van der Waals surface area contributed by atoms with Crippen LogP contribution in [0, 0.1) is 5.82 Å². The maximum Gasteiger partial charge on any atom is 0.242 e. The molecule has 0 aliphatic rings. The molecule has 28 heavy (non-hydrogen) atoms. The molecule has 0 saturated heterocycles. The molecule has 0 heterocycles. The van der Waals surface area contributed by atoms with E-state index in [0.717, 1.165) is 12.0 Å². The van der Waals surface area contributed by atoms with Gasteiger partial charge in [0.25, 0.3) is 0 Å². The van der Waals surface area contributed by atoms with E-state index in [9.17, 15) is 14.0 Å². The maximum absolute atomic E-state index is 14.1. The van der Waals surface area contributed by atoms with Crippen LogP contribution in [0.3, 0.4) is 0 Å². The first kappa shape index (κ1) is 21.4. The molecule has 1 atom stereocenters. The lowest BCUT2D eigenvalue weighted by Crippen LogP contribution is -2.48. The summed E-state index contributed by atoms with van der Waals surface area (Å²) in [7, 11) is 1.58. The fraction of sp³-hybridized carbons (Fsp3) is 0.364. The highest BCUT2D eigenvalue weighted by Gasteiger charge is 2.26. The highest BCUT2D eigenvalue weighted by Crippen LogP contribution is 2.16. The molecule has 0 radical (unpaired) electrons. The van der Waals surface area contributed by atoms with Crippen LogP contribution in [0.15, 0.2) is 48.5 Å². The predicted molar refractivity (Wildman–Crippen MR) is 106 cm³/mol. The van der Waals surface area contributed by atoms with Crippen LogP contribution in [-0.2, 0) is 22.6 Å². The first-order chi connectivity index (χ1) is 13.5. The van der Waals surface area contributed by atoms with E-state index in [1.165, 1.54) is 11.0 Å². The van der Waals surface area contributed by atoms with Gasteiger partial charge in [0.2, 0.25) is 11.8 Å². The number of ether oxygens (including phenoxy) is 1. The number of nitrogens with one attached hydrogen (secondary N) is 1. The number of amides is 2. The minimum Gasteiger partial charge on any atom is -0.497 e. The maximum atomic E-state index is 14.1. The molecule has 0 aliphatic heterocycles. The van der Waals surface area contributed by atoms with E-state index in [0.29, 0.717) is 17.9 Å². The van der Waals surface area contributed by atoms with Gasteiger partial charge in [0.05, 0.1) is 13.5 Å². The first-order valence-corrected chi connectivity index (χ1v) is 9.39. The second kappa shape index (κ2) is 10.4. The monoisotopic (exact) mass is 386 g/mol. The van der Waals surface area contributed by atoms with Crippen molar-refractivity contribution in [1.82, 2.24) is 10.2 Å². The fourth-order valence-corrected chi connectivity index (χ4v) is 2.81. The molecule has 2 aromatic rings. The number of methoxy groups -OCH3 is 1. The lowest BCUT2D eigenvalue weighted by atomic mass is 10.1. The standard InChI is InChI=1S/C22H27FN2O3/c1-4-13-24-22(27)16(2)25(15-18-7-5-6-8-20(18)23)21(26)14-17-9-11-19(28-3)12-10-17/h5-12,16H,4,13-15H2,1-3H3,(H,24,27). The van der Waals surface area contributed by atoms with Gasteiger partial charge in [-0.25, -0.2) is 4.39 Å². The molecule has 0 bridgehead atoms. The second-order valence-electron chi connectivity index (χ2n) is 6.60. The number of benzene rings is 2. The van der Waals surface area contributed by atoms with Crippen LogP contribution in [0.5, 0.6) is 5.75 Å². The van der Waals surface area contributed by atoms with Crippen LogP contribution in [-0.4, -0.2) is 36.4 Å². The average molecular weight is 386 g/mol. The molecule has 2 amide bonds. The van der Waals surface area contributed by atoms with Gasteiger partial charge in [-0.3, -0.25) is 9.59 Å². The van der Waals surface area contributed by atoms with Crippen molar-refractivity contribution in [3.05, 3.63) is 65.5 Å². The zero-order valence-corrected chi connectivity index (χ0v) is 16.6. The topological polar surface area (TPSA) is 58.6 Å². The molecule has 0 fully saturated rings. The highest BCUT2D eigenvalue weighted by atomic mass is 19.1. The first-order valence-electron chi connectivity index (χ1n) is 9.39. The van der Waals surface area contributed by atoms with Gasteiger partial charge in [-0.05, 0) is 37.1 Å².